The summed E-state index contributed by atoms with van der Waals surface area (Å²) in [6.45, 7) is -1.85. The van der Waals surface area contributed by atoms with Crippen molar-refractivity contribution in [1.82, 2.24) is 0 Å². The van der Waals surface area contributed by atoms with Crippen LogP contribution in [0.3, 0.4) is 0 Å². The fourth-order valence-corrected chi connectivity index (χ4v) is 3.76. The largest absolute Gasteiger partial charge is 0.470 e. The molecule has 7 N–H and O–H groups in total. The highest BCUT2D eigenvalue weighted by Crippen LogP contribution is 2.48. The molecule has 0 saturated carbocycles. The lowest BCUT2D eigenvalue weighted by atomic mass is 10.1. The van der Waals surface area contributed by atoms with Gasteiger partial charge in [-0.25, -0.2) is 13.7 Å². The van der Waals surface area contributed by atoms with Crippen molar-refractivity contribution in [2.24, 2.45) is 0 Å². The van der Waals surface area contributed by atoms with E-state index < -0.39 is 69.4 Å². The van der Waals surface area contributed by atoms with Crippen molar-refractivity contribution >= 4 is 31.7 Å². The summed E-state index contributed by atoms with van der Waals surface area (Å²) >= 11 is 0. The van der Waals surface area contributed by atoms with E-state index in [1.54, 1.807) is 0 Å². The molecule has 0 aromatic heterocycles. The minimum atomic E-state index is -5.29. The van der Waals surface area contributed by atoms with Gasteiger partial charge in [-0.2, -0.15) is 0 Å². The molecule has 0 aliphatic carbocycles. The van der Waals surface area contributed by atoms with Crippen LogP contribution in [-0.2, 0) is 41.1 Å². The number of phosphoric ester groups is 3. The van der Waals surface area contributed by atoms with Crippen molar-refractivity contribution in [3.8, 4) is 0 Å². The van der Waals surface area contributed by atoms with Crippen molar-refractivity contribution in [2.75, 3.05) is 13.2 Å². The highest BCUT2D eigenvalue weighted by molar-refractivity contribution is 7.46. The van der Waals surface area contributed by atoms with E-state index in [4.69, 9.17) is 39.0 Å². The third-order valence-corrected chi connectivity index (χ3v) is 4.64. The highest BCUT2D eigenvalue weighted by Gasteiger charge is 2.52. The molecule has 26 heavy (non-hydrogen) atoms. The zero-order valence-corrected chi connectivity index (χ0v) is 16.1. The van der Waals surface area contributed by atoms with Crippen molar-refractivity contribution in [2.45, 2.75) is 24.4 Å². The van der Waals surface area contributed by atoms with Gasteiger partial charge in [0.2, 0.25) is 0 Å². The molecule has 156 valence electrons. The average molecular weight is 468 g/mol. The smallest absolute Gasteiger partial charge is 0.364 e. The molecule has 16 nitrogen and oxygen atoms in total. The van der Waals surface area contributed by atoms with Crippen LogP contribution in [0.15, 0.2) is 0 Å². The molecule has 5 atom stereocenters. The van der Waals surface area contributed by atoms with Crippen molar-refractivity contribution in [3.63, 3.8) is 0 Å². The lowest BCUT2D eigenvalue weighted by molar-refractivity contribution is -0.0345. The zero-order valence-electron chi connectivity index (χ0n) is 12.4. The molecule has 0 bridgehead atoms. The van der Waals surface area contributed by atoms with Gasteiger partial charge in [-0.3, -0.25) is 18.1 Å². The lowest BCUT2D eigenvalue weighted by Gasteiger charge is -2.24. The van der Waals surface area contributed by atoms with E-state index in [9.17, 15) is 18.3 Å². The summed E-state index contributed by atoms with van der Waals surface area (Å²) in [5, 5.41) is 0. The molecule has 0 spiro atoms. The van der Waals surface area contributed by atoms with Gasteiger partial charge in [0.1, 0.15) is 24.4 Å². The molecule has 0 aromatic rings. The SMILES string of the molecule is O=[PH](O)OC[C@H]1O[C@H](COP(=O)(O)O)[C@@H](OP(=O)(O)O)[C@@H]1OP(=O)(O)O. The standard InChI is InChI=1S/C6H16O16P4/c7-23(8)18-1-3-5(21-25(12,13)14)6(22-26(15,16)17)4(20-3)2-19-24(9,10)11/h3-6,23H,1-2H2,(H,7,8)(H2,9,10,11)(H2,12,13,14)(H2,15,16,17)/t3-,4-,5-,6-/m1/s1. The van der Waals surface area contributed by atoms with Crippen LogP contribution in [0.25, 0.3) is 0 Å². The Hall–Kier alpha value is 0.440. The van der Waals surface area contributed by atoms with E-state index in [0.29, 0.717) is 0 Å². The Kier molecular flexibility index (Phi) is 8.75. The van der Waals surface area contributed by atoms with E-state index in [1.807, 2.05) is 0 Å². The van der Waals surface area contributed by atoms with Gasteiger partial charge in [0.15, 0.2) is 0 Å². The molecule has 1 aliphatic heterocycles. The molecular weight excluding hydrogens is 452 g/mol. The summed E-state index contributed by atoms with van der Waals surface area (Å²) in [6.07, 6.45) is -7.23. The average Bonchev–Trinajstić information content (AvgIpc) is 2.67. The normalized spacial score (nSPS) is 29.0. The van der Waals surface area contributed by atoms with E-state index in [2.05, 4.69) is 18.1 Å². The van der Waals surface area contributed by atoms with E-state index >= 15 is 0 Å². The van der Waals surface area contributed by atoms with E-state index in [-0.39, 0.29) is 0 Å². The van der Waals surface area contributed by atoms with E-state index in [0.717, 1.165) is 0 Å². The Morgan fingerprint density at radius 3 is 1.58 bits per heavy atom. The Morgan fingerprint density at radius 1 is 0.808 bits per heavy atom. The monoisotopic (exact) mass is 468 g/mol. The first-order valence-electron chi connectivity index (χ1n) is 6.26. The third-order valence-electron chi connectivity index (χ3n) is 2.70. The molecule has 0 aromatic carbocycles. The summed E-state index contributed by atoms with van der Waals surface area (Å²) in [5.41, 5.74) is 0. The second-order valence-electron chi connectivity index (χ2n) is 4.70. The Labute approximate surface area is 145 Å². The Balaban J connectivity index is 3.09. The summed E-state index contributed by atoms with van der Waals surface area (Å²) in [4.78, 5) is 61.7. The van der Waals surface area contributed by atoms with Crippen molar-refractivity contribution < 1.29 is 75.3 Å². The predicted molar refractivity (Wildman–Crippen MR) is 77.7 cm³/mol. The number of phosphoric acid groups is 3. The predicted octanol–water partition coefficient (Wildman–Crippen LogP) is -1.78. The highest BCUT2D eigenvalue weighted by atomic mass is 31.2. The van der Waals surface area contributed by atoms with Gasteiger partial charge in [0, 0.05) is 0 Å². The Bertz CT molecular complexity index is 631. The summed E-state index contributed by atoms with van der Waals surface area (Å²) in [6, 6.07) is 0. The maximum atomic E-state index is 11.1. The van der Waals surface area contributed by atoms with Crippen molar-refractivity contribution in [1.29, 1.82) is 0 Å². The van der Waals surface area contributed by atoms with Crippen LogP contribution < -0.4 is 0 Å². The molecule has 20 heteroatoms. The van der Waals surface area contributed by atoms with Crippen LogP contribution in [0, 0.1) is 0 Å². The topological polar surface area (TPSA) is 256 Å². The second-order valence-corrected chi connectivity index (χ2v) is 9.14. The molecule has 1 heterocycles. The molecule has 1 aliphatic rings. The van der Waals surface area contributed by atoms with Crippen LogP contribution in [0.5, 0.6) is 0 Å². The molecule has 1 fully saturated rings. The second kappa shape index (κ2) is 9.29. The molecular formula is C6H16O16P4. The van der Waals surface area contributed by atoms with Gasteiger partial charge in [-0.1, -0.05) is 0 Å². The zero-order chi connectivity index (χ0) is 20.3. The molecule has 0 radical (unpaired) electrons. The first kappa shape index (κ1) is 24.5. The van der Waals surface area contributed by atoms with Gasteiger partial charge >= 0.3 is 31.7 Å². The summed E-state index contributed by atoms with van der Waals surface area (Å²) in [7, 11) is -19.1. The number of hydrogen-bond donors (Lipinski definition) is 7. The van der Waals surface area contributed by atoms with Crippen molar-refractivity contribution in [3.05, 3.63) is 0 Å². The van der Waals surface area contributed by atoms with Crippen LogP contribution in [0.2, 0.25) is 0 Å². The molecule has 1 unspecified atom stereocenters. The van der Waals surface area contributed by atoms with Gasteiger partial charge in [-0.15, -0.1) is 0 Å². The quantitative estimate of drug-likeness (QED) is 0.175. The fourth-order valence-electron chi connectivity index (χ4n) is 1.97. The lowest BCUT2D eigenvalue weighted by Crippen LogP contribution is -2.38. The summed E-state index contributed by atoms with van der Waals surface area (Å²) < 4.78 is 65.7. The van der Waals surface area contributed by atoms with Gasteiger partial charge in [0.05, 0.1) is 13.2 Å². The minimum Gasteiger partial charge on any atom is -0.364 e. The Morgan fingerprint density at radius 2 is 1.23 bits per heavy atom. The van der Waals surface area contributed by atoms with Gasteiger partial charge < -0.3 is 43.5 Å². The van der Waals surface area contributed by atoms with Gasteiger partial charge in [-0.05, 0) is 0 Å². The van der Waals surface area contributed by atoms with Crippen LogP contribution in [-0.4, -0.2) is 71.9 Å². The van der Waals surface area contributed by atoms with Gasteiger partial charge in [0.25, 0.3) is 0 Å². The first-order valence-corrected chi connectivity index (χ1v) is 12.1. The molecule has 0 amide bonds. The first-order chi connectivity index (χ1) is 11.6. The molecule has 1 rings (SSSR count). The number of rotatable bonds is 10. The van der Waals surface area contributed by atoms with Crippen LogP contribution in [0.4, 0.5) is 0 Å². The maximum Gasteiger partial charge on any atom is 0.470 e. The van der Waals surface area contributed by atoms with E-state index in [1.165, 1.54) is 0 Å². The fraction of sp³-hybridized carbons (Fsp3) is 1.00. The number of ether oxygens (including phenoxy) is 1. The summed E-state index contributed by atoms with van der Waals surface area (Å²) in [5.74, 6) is 0. The van der Waals surface area contributed by atoms with Crippen LogP contribution >= 0.6 is 31.7 Å². The minimum absolute atomic E-state index is 0.827. The maximum absolute atomic E-state index is 11.1. The van der Waals surface area contributed by atoms with Crippen LogP contribution in [0.1, 0.15) is 0 Å². The number of hydrogen-bond acceptors (Lipinski definition) is 9. The third kappa shape index (κ3) is 9.58. The molecule has 1 saturated heterocycles.